The van der Waals surface area contributed by atoms with Gasteiger partial charge in [-0.2, -0.15) is 0 Å². The normalized spacial score (nSPS) is 9.50. The Kier molecular flexibility index (Phi) is 3.24. The molecule has 0 aliphatic carbocycles. The second kappa shape index (κ2) is 3.47. The minimum atomic E-state index is -0.236. The van der Waals surface area contributed by atoms with Gasteiger partial charge in [0.1, 0.15) is 0 Å². The Morgan fingerprint density at radius 2 is 2.38 bits per heavy atom. The summed E-state index contributed by atoms with van der Waals surface area (Å²) in [7, 11) is 0. The number of ether oxygens (including phenoxy) is 1. The number of esters is 1. The summed E-state index contributed by atoms with van der Waals surface area (Å²) in [5.41, 5.74) is 0. The van der Waals surface area contributed by atoms with Crippen molar-refractivity contribution < 1.29 is 9.53 Å². The lowest BCUT2D eigenvalue weighted by molar-refractivity contribution is -0.141. The first-order chi connectivity index (χ1) is 3.63. The summed E-state index contributed by atoms with van der Waals surface area (Å²) in [5.74, 6) is -0.0422. The third-order valence-corrected chi connectivity index (χ3v) is 0.571. The van der Waals surface area contributed by atoms with Gasteiger partial charge >= 0.3 is 5.97 Å². The fourth-order valence-electron chi connectivity index (χ4n) is 0.260. The quantitative estimate of drug-likeness (QED) is 0.502. The van der Waals surface area contributed by atoms with E-state index in [1.54, 1.807) is 0 Å². The highest BCUT2D eigenvalue weighted by molar-refractivity contribution is 5.65. The van der Waals surface area contributed by atoms with Crippen LogP contribution in [0.5, 0.6) is 0 Å². The van der Waals surface area contributed by atoms with Crippen molar-refractivity contribution in [2.24, 2.45) is 5.92 Å². The molecule has 0 aromatic heterocycles. The van der Waals surface area contributed by atoms with E-state index in [1.165, 1.54) is 6.92 Å². The zero-order valence-corrected chi connectivity index (χ0v) is 5.31. The molecule has 0 heterocycles. The first-order valence-electron chi connectivity index (χ1n) is 2.59. The number of hydrogen-bond donors (Lipinski definition) is 0. The average Bonchev–Trinajstić information content (AvgIpc) is 1.61. The molecule has 0 bridgehead atoms. The molecule has 47 valence electrons. The van der Waals surface area contributed by atoms with Gasteiger partial charge in [-0.15, -0.1) is 0 Å². The van der Waals surface area contributed by atoms with Crippen LogP contribution in [0, 0.1) is 12.8 Å². The predicted octanol–water partition coefficient (Wildman–Crippen LogP) is 1.02. The highest BCUT2D eigenvalue weighted by Crippen LogP contribution is 1.90. The van der Waals surface area contributed by atoms with Crippen LogP contribution in [0.2, 0.25) is 0 Å². The second-order valence-corrected chi connectivity index (χ2v) is 1.91. The van der Waals surface area contributed by atoms with Crippen molar-refractivity contribution in [3.63, 3.8) is 0 Å². The highest BCUT2D eigenvalue weighted by Gasteiger charge is 1.94. The molecule has 1 atom stereocenters. The highest BCUT2D eigenvalue weighted by atomic mass is 16.5. The molecule has 1 unspecified atom stereocenters. The van der Waals surface area contributed by atoms with Crippen molar-refractivity contribution in [1.29, 1.82) is 0 Å². The fourth-order valence-corrected chi connectivity index (χ4v) is 0.260. The minimum Gasteiger partial charge on any atom is -0.466 e. The monoisotopic (exact) mass is 115 g/mol. The Labute approximate surface area is 49.8 Å². The van der Waals surface area contributed by atoms with Crippen molar-refractivity contribution in [2.45, 2.75) is 13.8 Å². The molecule has 0 spiro atoms. The Hall–Kier alpha value is -0.530. The maximum atomic E-state index is 10.1. The standard InChI is InChI=1S/C6H11O2/c1-5(2)4-8-6(3)7/h5H,1,4H2,2-3H3. The smallest absolute Gasteiger partial charge is 0.302 e. The summed E-state index contributed by atoms with van der Waals surface area (Å²) in [6.07, 6.45) is 0. The van der Waals surface area contributed by atoms with Crippen molar-refractivity contribution >= 4 is 5.97 Å². The van der Waals surface area contributed by atoms with E-state index in [9.17, 15) is 4.79 Å². The van der Waals surface area contributed by atoms with Crippen molar-refractivity contribution in [3.05, 3.63) is 6.92 Å². The van der Waals surface area contributed by atoms with Gasteiger partial charge < -0.3 is 4.74 Å². The molecule has 0 aliphatic rings. The molecule has 2 nitrogen and oxygen atoms in total. The van der Waals surface area contributed by atoms with E-state index in [0.717, 1.165) is 0 Å². The minimum absolute atomic E-state index is 0.193. The zero-order valence-electron chi connectivity index (χ0n) is 5.31. The third-order valence-electron chi connectivity index (χ3n) is 0.571. The fraction of sp³-hybridized carbons (Fsp3) is 0.667. The van der Waals surface area contributed by atoms with Gasteiger partial charge in [0.05, 0.1) is 6.61 Å². The summed E-state index contributed by atoms with van der Waals surface area (Å²) < 4.78 is 4.60. The molecule has 1 radical (unpaired) electrons. The third kappa shape index (κ3) is 5.47. The van der Waals surface area contributed by atoms with E-state index in [-0.39, 0.29) is 11.9 Å². The van der Waals surface area contributed by atoms with Crippen LogP contribution in [0.4, 0.5) is 0 Å². The van der Waals surface area contributed by atoms with Gasteiger partial charge in [-0.05, 0) is 12.8 Å². The molecule has 0 rings (SSSR count). The largest absolute Gasteiger partial charge is 0.466 e. The van der Waals surface area contributed by atoms with Gasteiger partial charge in [-0.1, -0.05) is 6.92 Å². The van der Waals surface area contributed by atoms with E-state index in [4.69, 9.17) is 0 Å². The van der Waals surface area contributed by atoms with Crippen molar-refractivity contribution in [2.75, 3.05) is 6.61 Å². The van der Waals surface area contributed by atoms with Crippen LogP contribution >= 0.6 is 0 Å². The van der Waals surface area contributed by atoms with Crippen molar-refractivity contribution in [3.8, 4) is 0 Å². The molecular weight excluding hydrogens is 104 g/mol. The number of carbonyl (C=O) groups is 1. The van der Waals surface area contributed by atoms with Crippen LogP contribution in [-0.2, 0) is 9.53 Å². The van der Waals surface area contributed by atoms with E-state index in [0.29, 0.717) is 6.61 Å². The van der Waals surface area contributed by atoms with E-state index in [1.807, 2.05) is 6.92 Å². The van der Waals surface area contributed by atoms with Gasteiger partial charge in [0.25, 0.3) is 0 Å². The van der Waals surface area contributed by atoms with Gasteiger partial charge in [0.15, 0.2) is 0 Å². The molecule has 2 heteroatoms. The molecule has 8 heavy (non-hydrogen) atoms. The molecule has 0 amide bonds. The van der Waals surface area contributed by atoms with Crippen LogP contribution in [0.15, 0.2) is 0 Å². The SMILES string of the molecule is [CH2]C(C)COC(C)=O. The molecule has 0 aromatic carbocycles. The molecule has 0 fully saturated rings. The van der Waals surface area contributed by atoms with Crippen LogP contribution in [0.1, 0.15) is 13.8 Å². The van der Waals surface area contributed by atoms with Crippen LogP contribution in [-0.4, -0.2) is 12.6 Å². The number of rotatable bonds is 2. The molecule has 0 N–H and O–H groups in total. The first kappa shape index (κ1) is 7.47. The van der Waals surface area contributed by atoms with Crippen LogP contribution in [0.3, 0.4) is 0 Å². The summed E-state index contributed by atoms with van der Waals surface area (Å²) in [6.45, 7) is 7.34. The summed E-state index contributed by atoms with van der Waals surface area (Å²) in [6, 6.07) is 0. The van der Waals surface area contributed by atoms with Gasteiger partial charge in [0, 0.05) is 6.92 Å². The van der Waals surface area contributed by atoms with Gasteiger partial charge in [-0.3, -0.25) is 4.79 Å². The maximum Gasteiger partial charge on any atom is 0.302 e. The van der Waals surface area contributed by atoms with Gasteiger partial charge in [0.2, 0.25) is 0 Å². The molecular formula is C6H11O2. The van der Waals surface area contributed by atoms with E-state index >= 15 is 0 Å². The summed E-state index contributed by atoms with van der Waals surface area (Å²) in [4.78, 5) is 10.1. The van der Waals surface area contributed by atoms with Gasteiger partial charge in [-0.25, -0.2) is 0 Å². The Balaban J connectivity index is 3.05. The lowest BCUT2D eigenvalue weighted by Crippen LogP contribution is -2.05. The Bertz CT molecular complexity index is 76.6. The van der Waals surface area contributed by atoms with Crippen molar-refractivity contribution in [1.82, 2.24) is 0 Å². The summed E-state index contributed by atoms with van der Waals surface area (Å²) in [5, 5.41) is 0. The van der Waals surface area contributed by atoms with Crippen LogP contribution in [0.25, 0.3) is 0 Å². The topological polar surface area (TPSA) is 26.3 Å². The molecule has 0 aliphatic heterocycles. The second-order valence-electron chi connectivity index (χ2n) is 1.91. The van der Waals surface area contributed by atoms with Crippen LogP contribution < -0.4 is 0 Å². The summed E-state index contributed by atoms with van der Waals surface area (Å²) >= 11 is 0. The average molecular weight is 115 g/mol. The van der Waals surface area contributed by atoms with E-state index < -0.39 is 0 Å². The lowest BCUT2D eigenvalue weighted by Gasteiger charge is -2.02. The number of carbonyl (C=O) groups excluding carboxylic acids is 1. The first-order valence-corrected chi connectivity index (χ1v) is 2.59. The maximum absolute atomic E-state index is 10.1. The number of hydrogen-bond acceptors (Lipinski definition) is 2. The Morgan fingerprint density at radius 1 is 1.88 bits per heavy atom. The lowest BCUT2D eigenvalue weighted by atomic mass is 10.2. The molecule has 0 aromatic rings. The molecule has 0 saturated carbocycles. The molecule has 0 saturated heterocycles. The zero-order chi connectivity index (χ0) is 6.57. The Morgan fingerprint density at radius 3 is 2.50 bits per heavy atom. The van der Waals surface area contributed by atoms with E-state index in [2.05, 4.69) is 11.7 Å². The predicted molar refractivity (Wildman–Crippen MR) is 31.2 cm³/mol.